The van der Waals surface area contributed by atoms with Crippen LogP contribution in [-0.2, 0) is 9.59 Å². The summed E-state index contributed by atoms with van der Waals surface area (Å²) in [5.74, 6) is -0.0805. The van der Waals surface area contributed by atoms with Crippen LogP contribution >= 0.6 is 46.3 Å². The summed E-state index contributed by atoms with van der Waals surface area (Å²) in [6, 6.07) is 26.1. The fraction of sp³-hybridized carbons (Fsp3) is 0.135. The van der Waals surface area contributed by atoms with Gasteiger partial charge in [0.05, 0.1) is 25.2 Å². The number of halogens is 2. The summed E-state index contributed by atoms with van der Waals surface area (Å²) >= 11 is 15.4. The predicted octanol–water partition coefficient (Wildman–Crippen LogP) is 9.05. The Bertz CT molecular complexity index is 2020. The van der Waals surface area contributed by atoms with Crippen LogP contribution in [-0.4, -0.2) is 42.2 Å². The number of hydrogen-bond donors (Lipinski definition) is 3. The van der Waals surface area contributed by atoms with E-state index in [0.29, 0.717) is 55.6 Å². The van der Waals surface area contributed by atoms with Gasteiger partial charge in [0, 0.05) is 42.7 Å². The van der Waals surface area contributed by atoms with Crippen LogP contribution < -0.4 is 25.4 Å². The third-order valence-corrected chi connectivity index (χ3v) is 10.0. The van der Waals surface area contributed by atoms with E-state index in [1.165, 1.54) is 29.2 Å². The molecule has 0 saturated carbocycles. The lowest BCUT2D eigenvalue weighted by Crippen LogP contribution is -2.30. The second kappa shape index (κ2) is 17.2. The first kappa shape index (κ1) is 36.5. The molecule has 13 heteroatoms. The molecule has 1 heterocycles. The van der Waals surface area contributed by atoms with E-state index in [4.69, 9.17) is 32.7 Å². The average molecular weight is 748 g/mol. The van der Waals surface area contributed by atoms with E-state index in [2.05, 4.69) is 20.9 Å². The van der Waals surface area contributed by atoms with Crippen molar-refractivity contribution in [3.05, 3.63) is 123 Å². The van der Waals surface area contributed by atoms with Gasteiger partial charge in [0.15, 0.2) is 16.6 Å². The summed E-state index contributed by atoms with van der Waals surface area (Å²) in [4.78, 5) is 45.3. The van der Waals surface area contributed by atoms with E-state index in [9.17, 15) is 14.4 Å². The monoisotopic (exact) mass is 746 g/mol. The SMILES string of the molecule is CCC(Sc1cccc(NC(=O)/C(=C\c2c(Cl)cccc2Cl)NC(=O)c2ccccc2)c1)C(=O)Nc1nc(-c2ccc(OC)c(OC)c2)cs1. The number of benzene rings is 4. The summed E-state index contributed by atoms with van der Waals surface area (Å²) in [6.07, 6.45) is 1.98. The molecule has 0 bridgehead atoms. The van der Waals surface area contributed by atoms with E-state index >= 15 is 0 Å². The Morgan fingerprint density at radius 3 is 2.30 bits per heavy atom. The fourth-order valence-electron chi connectivity index (χ4n) is 4.71. The highest BCUT2D eigenvalue weighted by atomic mass is 35.5. The van der Waals surface area contributed by atoms with Gasteiger partial charge in [0.25, 0.3) is 11.8 Å². The zero-order valence-electron chi connectivity index (χ0n) is 27.2. The summed E-state index contributed by atoms with van der Waals surface area (Å²) in [5, 5.41) is 11.0. The Hall–Kier alpha value is -4.81. The highest BCUT2D eigenvalue weighted by Gasteiger charge is 2.21. The van der Waals surface area contributed by atoms with Crippen LogP contribution in [0, 0.1) is 0 Å². The van der Waals surface area contributed by atoms with Gasteiger partial charge in [-0.05, 0) is 73.2 Å². The lowest BCUT2D eigenvalue weighted by atomic mass is 10.1. The molecule has 0 radical (unpaired) electrons. The number of thioether (sulfide) groups is 1. The normalized spacial score (nSPS) is 11.7. The average Bonchev–Trinajstić information content (AvgIpc) is 3.60. The largest absolute Gasteiger partial charge is 0.493 e. The molecule has 0 saturated heterocycles. The van der Waals surface area contributed by atoms with Crippen LogP contribution in [0.25, 0.3) is 17.3 Å². The third kappa shape index (κ3) is 9.25. The molecule has 4 aromatic carbocycles. The molecule has 9 nitrogen and oxygen atoms in total. The first-order valence-corrected chi connectivity index (χ1v) is 17.8. The molecule has 0 spiro atoms. The molecule has 5 aromatic rings. The predicted molar refractivity (Wildman–Crippen MR) is 203 cm³/mol. The lowest BCUT2D eigenvalue weighted by Gasteiger charge is -2.15. The van der Waals surface area contributed by atoms with Crippen LogP contribution in [0.3, 0.4) is 0 Å². The van der Waals surface area contributed by atoms with E-state index in [-0.39, 0.29) is 11.6 Å². The second-order valence-electron chi connectivity index (χ2n) is 10.6. The van der Waals surface area contributed by atoms with Gasteiger partial charge >= 0.3 is 0 Å². The zero-order valence-corrected chi connectivity index (χ0v) is 30.3. The molecular weight excluding hydrogens is 715 g/mol. The Balaban J connectivity index is 1.29. The molecule has 1 unspecified atom stereocenters. The van der Waals surface area contributed by atoms with Crippen molar-refractivity contribution in [3.8, 4) is 22.8 Å². The molecule has 3 N–H and O–H groups in total. The van der Waals surface area contributed by atoms with Crippen molar-refractivity contribution in [2.45, 2.75) is 23.5 Å². The highest BCUT2D eigenvalue weighted by molar-refractivity contribution is 8.00. The Kier molecular flexibility index (Phi) is 12.6. The Labute approximate surface area is 308 Å². The van der Waals surface area contributed by atoms with E-state index in [0.717, 1.165) is 10.5 Å². The minimum Gasteiger partial charge on any atom is -0.493 e. The maximum Gasteiger partial charge on any atom is 0.272 e. The number of methoxy groups -OCH3 is 2. The molecule has 5 rings (SSSR count). The van der Waals surface area contributed by atoms with Crippen LogP contribution in [0.2, 0.25) is 10.0 Å². The highest BCUT2D eigenvalue weighted by Crippen LogP contribution is 2.34. The minimum absolute atomic E-state index is 0.0615. The second-order valence-corrected chi connectivity index (χ2v) is 13.6. The number of hydrogen-bond acceptors (Lipinski definition) is 8. The van der Waals surface area contributed by atoms with Crippen LogP contribution in [0.5, 0.6) is 11.5 Å². The van der Waals surface area contributed by atoms with E-state index in [1.807, 2.05) is 30.5 Å². The summed E-state index contributed by atoms with van der Waals surface area (Å²) in [7, 11) is 3.14. The van der Waals surface area contributed by atoms with Gasteiger partial charge in [-0.3, -0.25) is 14.4 Å². The first-order valence-electron chi connectivity index (χ1n) is 15.3. The van der Waals surface area contributed by atoms with Crippen LogP contribution in [0.15, 0.2) is 107 Å². The number of nitrogens with zero attached hydrogens (tertiary/aromatic N) is 1. The Morgan fingerprint density at radius 2 is 1.60 bits per heavy atom. The van der Waals surface area contributed by atoms with Gasteiger partial charge in [0.2, 0.25) is 5.91 Å². The van der Waals surface area contributed by atoms with Gasteiger partial charge in [-0.2, -0.15) is 0 Å². The van der Waals surface area contributed by atoms with Gasteiger partial charge in [0.1, 0.15) is 5.70 Å². The van der Waals surface area contributed by atoms with Gasteiger partial charge in [-0.1, -0.05) is 60.5 Å². The number of thiazole rings is 1. The minimum atomic E-state index is -0.591. The molecule has 1 atom stereocenters. The van der Waals surface area contributed by atoms with Gasteiger partial charge in [-0.15, -0.1) is 23.1 Å². The van der Waals surface area contributed by atoms with E-state index < -0.39 is 17.1 Å². The van der Waals surface area contributed by atoms with E-state index in [1.54, 1.807) is 87.0 Å². The summed E-state index contributed by atoms with van der Waals surface area (Å²) in [6.45, 7) is 1.92. The van der Waals surface area contributed by atoms with Crippen molar-refractivity contribution in [2.24, 2.45) is 0 Å². The number of amides is 3. The van der Waals surface area contributed by atoms with Crippen molar-refractivity contribution in [2.75, 3.05) is 24.9 Å². The number of aromatic nitrogens is 1. The molecule has 1 aromatic heterocycles. The maximum atomic E-state index is 13.6. The number of carbonyl (C=O) groups excluding carboxylic acids is 3. The standard InChI is InChI=1S/C37H32Cl2N4O5S2/c1-4-33(36(46)43-37-42-30(21-49-37)23-16-17-31(47-2)32(18-23)48-3)50-25-13-8-12-24(19-25)40-35(45)29(20-26-27(38)14-9-15-28(26)39)41-34(44)22-10-6-5-7-11-22/h5-21,33H,4H2,1-3H3,(H,40,45)(H,41,44)(H,42,43,46)/b29-20+. The molecule has 0 aliphatic heterocycles. The topological polar surface area (TPSA) is 119 Å². The molecule has 3 amide bonds. The molecule has 50 heavy (non-hydrogen) atoms. The van der Waals surface area contributed by atoms with Gasteiger partial charge in [-0.25, -0.2) is 4.98 Å². The van der Waals surface area contributed by atoms with Gasteiger partial charge < -0.3 is 25.4 Å². The molecule has 0 fully saturated rings. The molecular formula is C37H32Cl2N4O5S2. The molecule has 0 aliphatic carbocycles. The lowest BCUT2D eigenvalue weighted by molar-refractivity contribution is -0.116. The first-order chi connectivity index (χ1) is 24.2. The summed E-state index contributed by atoms with van der Waals surface area (Å²) in [5.41, 5.74) is 2.67. The zero-order chi connectivity index (χ0) is 35.6. The number of carbonyl (C=O) groups is 3. The number of anilines is 2. The van der Waals surface area contributed by atoms with Crippen molar-refractivity contribution >= 4 is 80.9 Å². The van der Waals surface area contributed by atoms with Crippen molar-refractivity contribution in [3.63, 3.8) is 0 Å². The quantitative estimate of drug-likeness (QED) is 0.0813. The number of rotatable bonds is 13. The molecule has 256 valence electrons. The third-order valence-electron chi connectivity index (χ3n) is 7.26. The van der Waals surface area contributed by atoms with Crippen LogP contribution in [0.1, 0.15) is 29.3 Å². The smallest absolute Gasteiger partial charge is 0.272 e. The Morgan fingerprint density at radius 1 is 0.880 bits per heavy atom. The van der Waals surface area contributed by atoms with Crippen molar-refractivity contribution in [1.29, 1.82) is 0 Å². The molecule has 0 aliphatic rings. The van der Waals surface area contributed by atoms with Crippen molar-refractivity contribution in [1.82, 2.24) is 10.3 Å². The maximum absolute atomic E-state index is 13.6. The van der Waals surface area contributed by atoms with Crippen molar-refractivity contribution < 1.29 is 23.9 Å². The number of ether oxygens (including phenoxy) is 2. The summed E-state index contributed by atoms with van der Waals surface area (Å²) < 4.78 is 10.7. The van der Waals surface area contributed by atoms with Crippen LogP contribution in [0.4, 0.5) is 10.8 Å². The number of nitrogens with one attached hydrogen (secondary N) is 3. The fourth-order valence-corrected chi connectivity index (χ4v) is 6.96.